The smallest absolute Gasteiger partial charge is 0.449 e. The molecule has 7 atom stereocenters. The summed E-state index contributed by atoms with van der Waals surface area (Å²) in [6, 6.07) is -0.570. The normalized spacial score (nSPS) is 34.1. The number of piperazine rings is 1. The summed E-state index contributed by atoms with van der Waals surface area (Å²) in [5.74, 6) is -0.495. The minimum atomic E-state index is -1.49. The Hall–Kier alpha value is -2.31. The van der Waals surface area contributed by atoms with Gasteiger partial charge in [-0.2, -0.15) is 0 Å². The Morgan fingerprint density at radius 2 is 2.00 bits per heavy atom. The van der Waals surface area contributed by atoms with Gasteiger partial charge in [-0.15, -0.1) is 11.8 Å². The van der Waals surface area contributed by atoms with Crippen LogP contribution in [0.4, 0.5) is 4.79 Å². The van der Waals surface area contributed by atoms with Gasteiger partial charge in [0, 0.05) is 43.4 Å². The van der Waals surface area contributed by atoms with Gasteiger partial charge in [-0.3, -0.25) is 19.9 Å². The largest absolute Gasteiger partial charge is 0.512 e. The maximum atomic E-state index is 13.1. The molecule has 2 amide bonds. The molecule has 4 aliphatic heterocycles. The second-order valence-corrected chi connectivity index (χ2v) is 11.0. The fourth-order valence-electron chi connectivity index (χ4n) is 5.64. The van der Waals surface area contributed by atoms with E-state index in [1.165, 1.54) is 16.7 Å². The van der Waals surface area contributed by atoms with E-state index in [1.54, 1.807) is 13.8 Å². The van der Waals surface area contributed by atoms with E-state index in [0.29, 0.717) is 43.3 Å². The molecule has 0 aliphatic carbocycles. The van der Waals surface area contributed by atoms with Crippen molar-refractivity contribution in [1.82, 2.24) is 20.0 Å². The van der Waals surface area contributed by atoms with Crippen LogP contribution in [-0.4, -0.2) is 104 Å². The lowest BCUT2D eigenvalue weighted by atomic mass is 9.79. The first kappa shape index (κ1) is 24.8. The molecule has 188 valence electrons. The third kappa shape index (κ3) is 4.27. The van der Waals surface area contributed by atoms with Gasteiger partial charge in [0.2, 0.25) is 17.7 Å². The number of fused-ring (bicyclic) bond motifs is 1. The highest BCUT2D eigenvalue weighted by molar-refractivity contribution is 8.03. The van der Waals surface area contributed by atoms with Gasteiger partial charge in [0.1, 0.15) is 0 Å². The predicted octanol–water partition coefficient (Wildman–Crippen LogP) is 0.701. The zero-order valence-electron chi connectivity index (χ0n) is 19.9. The van der Waals surface area contributed by atoms with Crippen molar-refractivity contribution in [2.75, 3.05) is 26.2 Å². The molecule has 3 saturated heterocycles. The number of ether oxygens (including phenoxy) is 1. The summed E-state index contributed by atoms with van der Waals surface area (Å²) < 4.78 is 5.03. The van der Waals surface area contributed by atoms with Gasteiger partial charge in [-0.1, -0.05) is 6.92 Å². The number of carboxylic acid groups (broad SMARTS) is 1. The molecule has 0 radical (unpaired) electrons. The molecular weight excluding hydrogens is 462 g/mol. The number of hydrogen-bond acceptors (Lipinski definition) is 8. The molecular formula is C22H33N5O6S. The van der Waals surface area contributed by atoms with Crippen LogP contribution in [0.15, 0.2) is 10.8 Å². The number of nitrogens with one attached hydrogen (secondary N) is 2. The van der Waals surface area contributed by atoms with Crippen LogP contribution in [0.5, 0.6) is 0 Å². The molecule has 34 heavy (non-hydrogen) atoms. The summed E-state index contributed by atoms with van der Waals surface area (Å²) >= 11 is 1.46. The van der Waals surface area contributed by atoms with E-state index in [0.717, 1.165) is 0 Å². The first-order chi connectivity index (χ1) is 16.0. The van der Waals surface area contributed by atoms with E-state index in [-0.39, 0.29) is 47.0 Å². The highest BCUT2D eigenvalue weighted by Crippen LogP contribution is 2.52. The molecule has 4 aliphatic rings. The molecule has 12 heteroatoms. The number of aliphatic hydroxyl groups is 1. The molecule has 4 heterocycles. The van der Waals surface area contributed by atoms with E-state index in [4.69, 9.17) is 10.1 Å². The van der Waals surface area contributed by atoms with E-state index in [1.807, 2.05) is 23.6 Å². The molecule has 0 aromatic rings. The number of aliphatic hydroxyl groups excluding tert-OH is 1. The summed E-state index contributed by atoms with van der Waals surface area (Å²) in [6.07, 6.45) is -1.74. The van der Waals surface area contributed by atoms with Crippen molar-refractivity contribution in [2.24, 2.45) is 11.8 Å². The maximum Gasteiger partial charge on any atom is 0.512 e. The van der Waals surface area contributed by atoms with Crippen molar-refractivity contribution in [1.29, 1.82) is 5.41 Å². The lowest BCUT2D eigenvalue weighted by molar-refractivity contribution is -0.163. The number of β-lactam (4-membered cyclic amide) rings is 1. The predicted molar refractivity (Wildman–Crippen MR) is 125 cm³/mol. The first-order valence-corrected chi connectivity index (χ1v) is 12.6. The van der Waals surface area contributed by atoms with Gasteiger partial charge < -0.3 is 30.1 Å². The topological polar surface area (TPSA) is 146 Å². The molecule has 11 nitrogen and oxygen atoms in total. The highest BCUT2D eigenvalue weighted by Gasteiger charge is 2.60. The summed E-state index contributed by atoms with van der Waals surface area (Å²) in [5, 5.41) is 30.4. The minimum absolute atomic E-state index is 0.0140. The Morgan fingerprint density at radius 3 is 2.59 bits per heavy atom. The van der Waals surface area contributed by atoms with Gasteiger partial charge >= 0.3 is 6.16 Å². The number of hydrogen-bond donors (Lipinski definition) is 4. The van der Waals surface area contributed by atoms with Crippen LogP contribution in [0.25, 0.3) is 0 Å². The maximum absolute atomic E-state index is 13.1. The molecule has 0 aromatic heterocycles. The van der Waals surface area contributed by atoms with Crippen molar-refractivity contribution in [2.45, 2.75) is 63.6 Å². The van der Waals surface area contributed by atoms with Gasteiger partial charge in [0.15, 0.2) is 0 Å². The van der Waals surface area contributed by atoms with E-state index in [9.17, 15) is 24.6 Å². The standard InChI is InChI=1S/C22H33N5O6S/c1-10-9-25(5-6-26(10)13(4)23)19(29)15-7-14(8-24-15)34-18-11(2)17-16(12(3)28)20(30)27(17)21(18)33-22(31)32/h10-12,14-17,23-24,28H,5-9H2,1-4H3,(H,31,32)/t10?,11?,12?,14?,15?,16?,17-/m0/s1. The Bertz CT molecular complexity index is 925. The van der Waals surface area contributed by atoms with Crippen molar-refractivity contribution in [3.05, 3.63) is 10.8 Å². The lowest BCUT2D eigenvalue weighted by Crippen LogP contribution is -2.63. The lowest BCUT2D eigenvalue weighted by Gasteiger charge is -2.45. The van der Waals surface area contributed by atoms with Crippen molar-refractivity contribution < 1.29 is 29.3 Å². The number of nitrogens with zero attached hydrogens (tertiary/aromatic N) is 3. The van der Waals surface area contributed by atoms with Gasteiger partial charge in [-0.05, 0) is 27.2 Å². The zero-order chi connectivity index (χ0) is 24.9. The van der Waals surface area contributed by atoms with Crippen molar-refractivity contribution in [3.8, 4) is 0 Å². The monoisotopic (exact) mass is 495 g/mol. The summed E-state index contributed by atoms with van der Waals surface area (Å²) in [5.41, 5.74) is 0. The summed E-state index contributed by atoms with van der Waals surface area (Å²) in [6.45, 7) is 9.62. The van der Waals surface area contributed by atoms with Gasteiger partial charge in [-0.25, -0.2) is 4.79 Å². The third-order valence-corrected chi connectivity index (χ3v) is 8.79. The van der Waals surface area contributed by atoms with Crippen LogP contribution < -0.4 is 5.32 Å². The molecule has 0 aromatic carbocycles. The highest BCUT2D eigenvalue weighted by atomic mass is 32.2. The number of amides is 2. The molecule has 6 unspecified atom stereocenters. The number of thioether (sulfide) groups is 1. The fraction of sp³-hybridized carbons (Fsp3) is 0.727. The van der Waals surface area contributed by atoms with E-state index >= 15 is 0 Å². The Kier molecular flexibility index (Phi) is 6.85. The summed E-state index contributed by atoms with van der Waals surface area (Å²) in [4.78, 5) is 42.9. The quantitative estimate of drug-likeness (QED) is 0.187. The SMILES string of the molecule is CC(=N)N1CCN(C(=O)C2CC(SC3=C(OC(=O)O)N4C(=O)C(C(C)O)[C@@H]4C3C)CN2)CC1C. The Balaban J connectivity index is 1.42. The number of amidine groups is 1. The van der Waals surface area contributed by atoms with Crippen LogP contribution in [0, 0.1) is 17.2 Å². The third-order valence-electron chi connectivity index (χ3n) is 7.30. The molecule has 3 fully saturated rings. The van der Waals surface area contributed by atoms with E-state index in [2.05, 4.69) is 5.32 Å². The van der Waals surface area contributed by atoms with Crippen molar-refractivity contribution in [3.63, 3.8) is 0 Å². The molecule has 0 spiro atoms. The molecule has 0 bridgehead atoms. The minimum Gasteiger partial charge on any atom is -0.449 e. The number of carbonyl (C=O) groups excluding carboxylic acids is 2. The van der Waals surface area contributed by atoms with Crippen molar-refractivity contribution >= 4 is 35.6 Å². The van der Waals surface area contributed by atoms with Crippen LogP contribution in [0.2, 0.25) is 0 Å². The number of carbonyl (C=O) groups is 3. The van der Waals surface area contributed by atoms with Crippen LogP contribution in [0.3, 0.4) is 0 Å². The average molecular weight is 496 g/mol. The Morgan fingerprint density at radius 1 is 1.29 bits per heavy atom. The zero-order valence-corrected chi connectivity index (χ0v) is 20.7. The van der Waals surface area contributed by atoms with Crippen LogP contribution in [-0.2, 0) is 14.3 Å². The van der Waals surface area contributed by atoms with Gasteiger partial charge in [0.25, 0.3) is 0 Å². The first-order valence-electron chi connectivity index (χ1n) is 11.7. The molecule has 4 rings (SSSR count). The second kappa shape index (κ2) is 9.38. The molecule has 4 N–H and O–H groups in total. The Labute approximate surface area is 203 Å². The van der Waals surface area contributed by atoms with Gasteiger partial charge in [0.05, 0.1) is 34.8 Å². The second-order valence-electron chi connectivity index (χ2n) is 9.64. The van der Waals surface area contributed by atoms with E-state index < -0.39 is 18.2 Å². The van der Waals surface area contributed by atoms with Crippen LogP contribution in [0.1, 0.15) is 34.1 Å². The number of rotatable bonds is 5. The summed E-state index contributed by atoms with van der Waals surface area (Å²) in [7, 11) is 0. The fourth-order valence-corrected chi connectivity index (χ4v) is 7.06. The average Bonchev–Trinajstić information content (AvgIpc) is 3.29. The molecule has 0 saturated carbocycles. The van der Waals surface area contributed by atoms with Crippen LogP contribution >= 0.6 is 11.8 Å².